The Balaban J connectivity index is 1.80. The number of carbonyl (C=O) groups excluding carboxylic acids is 2. The largest absolute Gasteiger partial charge is 0.493 e. The van der Waals surface area contributed by atoms with E-state index in [2.05, 4.69) is 0 Å². The summed E-state index contributed by atoms with van der Waals surface area (Å²) in [5.74, 6) is 0.123. The molecule has 2 aromatic rings. The van der Waals surface area contributed by atoms with Crippen molar-refractivity contribution in [2.75, 3.05) is 20.8 Å². The van der Waals surface area contributed by atoms with Crippen LogP contribution in [0.25, 0.3) is 0 Å². The van der Waals surface area contributed by atoms with Gasteiger partial charge >= 0.3 is 0 Å². The number of ether oxygens (including phenoxy) is 3. The van der Waals surface area contributed by atoms with Crippen molar-refractivity contribution >= 4 is 11.6 Å². The second-order valence-corrected chi connectivity index (χ2v) is 6.14. The standard InChI is InChI=1S/C20H19FO5/c1-11-8-14(22)20-17(7-5-13(21)19(11)20)26-10-15(23)12-4-6-16(24-2)18(9-12)25-3/h4-7,9,11H,8,10H2,1-3H3/t11-/m1/s1. The van der Waals surface area contributed by atoms with Crippen molar-refractivity contribution < 1.29 is 28.2 Å². The highest BCUT2D eigenvalue weighted by molar-refractivity contribution is 6.04. The van der Waals surface area contributed by atoms with E-state index in [1.807, 2.05) is 0 Å². The minimum absolute atomic E-state index is 0.166. The van der Waals surface area contributed by atoms with E-state index in [-0.39, 0.29) is 41.8 Å². The van der Waals surface area contributed by atoms with Gasteiger partial charge in [-0.3, -0.25) is 9.59 Å². The molecule has 0 bridgehead atoms. The molecule has 1 aliphatic rings. The summed E-state index contributed by atoms with van der Waals surface area (Å²) in [5.41, 5.74) is 1.00. The number of ketones is 2. The van der Waals surface area contributed by atoms with Crippen molar-refractivity contribution in [3.63, 3.8) is 0 Å². The van der Waals surface area contributed by atoms with Crippen molar-refractivity contribution in [2.45, 2.75) is 19.3 Å². The molecule has 0 saturated heterocycles. The van der Waals surface area contributed by atoms with Crippen LogP contribution in [-0.4, -0.2) is 32.4 Å². The average molecular weight is 358 g/mol. The zero-order valence-corrected chi connectivity index (χ0v) is 14.8. The molecule has 136 valence electrons. The number of benzene rings is 2. The van der Waals surface area contributed by atoms with E-state index < -0.39 is 5.82 Å². The van der Waals surface area contributed by atoms with Gasteiger partial charge in [0.05, 0.1) is 19.8 Å². The fourth-order valence-corrected chi connectivity index (χ4v) is 3.18. The molecule has 3 rings (SSSR count). The molecule has 0 unspecified atom stereocenters. The molecule has 5 nitrogen and oxygen atoms in total. The smallest absolute Gasteiger partial charge is 0.200 e. The van der Waals surface area contributed by atoms with Crippen LogP contribution >= 0.6 is 0 Å². The van der Waals surface area contributed by atoms with E-state index in [1.54, 1.807) is 25.1 Å². The highest BCUT2D eigenvalue weighted by Gasteiger charge is 2.32. The van der Waals surface area contributed by atoms with Gasteiger partial charge in [0, 0.05) is 17.5 Å². The first kappa shape index (κ1) is 17.9. The lowest BCUT2D eigenvalue weighted by atomic mass is 10.0. The molecule has 0 fully saturated rings. The second-order valence-electron chi connectivity index (χ2n) is 6.14. The van der Waals surface area contributed by atoms with E-state index >= 15 is 0 Å². The lowest BCUT2D eigenvalue weighted by Crippen LogP contribution is -2.13. The minimum atomic E-state index is -0.420. The number of fused-ring (bicyclic) bond motifs is 1. The number of halogens is 1. The Morgan fingerprint density at radius 3 is 2.50 bits per heavy atom. The molecule has 0 aromatic heterocycles. The van der Waals surface area contributed by atoms with Gasteiger partial charge in [-0.1, -0.05) is 6.92 Å². The molecule has 0 heterocycles. The monoisotopic (exact) mass is 358 g/mol. The molecule has 0 radical (unpaired) electrons. The maximum atomic E-state index is 14.0. The van der Waals surface area contributed by atoms with Gasteiger partial charge in [0.25, 0.3) is 0 Å². The molecular weight excluding hydrogens is 339 g/mol. The van der Waals surface area contributed by atoms with Gasteiger partial charge in [0.2, 0.25) is 0 Å². The molecule has 1 aliphatic carbocycles. The normalized spacial score (nSPS) is 15.5. The molecule has 2 aromatic carbocycles. The number of hydrogen-bond donors (Lipinski definition) is 0. The maximum absolute atomic E-state index is 14.0. The van der Waals surface area contributed by atoms with Crippen LogP contribution in [0.3, 0.4) is 0 Å². The summed E-state index contributed by atoms with van der Waals surface area (Å²) in [6.07, 6.45) is 0.246. The van der Waals surface area contributed by atoms with Crippen molar-refractivity contribution in [1.82, 2.24) is 0 Å². The third-order valence-corrected chi connectivity index (χ3v) is 4.48. The van der Waals surface area contributed by atoms with Crippen LogP contribution in [0.2, 0.25) is 0 Å². The molecule has 6 heteroatoms. The Kier molecular flexibility index (Phi) is 4.93. The number of Topliss-reactive ketones (excluding diaryl/α,β-unsaturated/α-hetero) is 2. The summed E-state index contributed by atoms with van der Waals surface area (Å²) in [7, 11) is 2.99. The van der Waals surface area contributed by atoms with E-state index in [9.17, 15) is 14.0 Å². The maximum Gasteiger partial charge on any atom is 0.200 e. The first-order valence-electron chi connectivity index (χ1n) is 8.19. The van der Waals surface area contributed by atoms with Gasteiger partial charge in [-0.05, 0) is 36.2 Å². The Morgan fingerprint density at radius 1 is 1.12 bits per heavy atom. The number of rotatable bonds is 6. The van der Waals surface area contributed by atoms with Crippen LogP contribution in [0.4, 0.5) is 4.39 Å². The van der Waals surface area contributed by atoms with E-state index in [4.69, 9.17) is 14.2 Å². The molecule has 0 N–H and O–H groups in total. The predicted molar refractivity (Wildman–Crippen MR) is 93.1 cm³/mol. The highest BCUT2D eigenvalue weighted by Crippen LogP contribution is 2.39. The Morgan fingerprint density at radius 2 is 1.81 bits per heavy atom. The first-order chi connectivity index (χ1) is 12.5. The van der Waals surface area contributed by atoms with Gasteiger partial charge < -0.3 is 14.2 Å². The van der Waals surface area contributed by atoms with Crippen LogP contribution in [0, 0.1) is 5.82 Å². The lowest BCUT2D eigenvalue weighted by molar-refractivity contribution is 0.0911. The van der Waals surface area contributed by atoms with Crippen LogP contribution in [0.15, 0.2) is 30.3 Å². The molecule has 0 amide bonds. The third kappa shape index (κ3) is 3.14. The van der Waals surface area contributed by atoms with E-state index in [1.165, 1.54) is 26.4 Å². The van der Waals surface area contributed by atoms with Crippen molar-refractivity contribution in [3.8, 4) is 17.2 Å². The summed E-state index contributed by atoms with van der Waals surface area (Å²) < 4.78 is 29.9. The Labute approximate surface area is 150 Å². The Bertz CT molecular complexity index is 875. The van der Waals surface area contributed by atoms with Crippen LogP contribution < -0.4 is 14.2 Å². The van der Waals surface area contributed by atoms with Crippen molar-refractivity contribution in [1.29, 1.82) is 0 Å². The summed E-state index contributed by atoms with van der Waals surface area (Å²) in [4.78, 5) is 24.6. The van der Waals surface area contributed by atoms with Gasteiger partial charge in [-0.25, -0.2) is 4.39 Å². The molecule has 1 atom stereocenters. The van der Waals surface area contributed by atoms with E-state index in [0.29, 0.717) is 22.6 Å². The molecular formula is C20H19FO5. The average Bonchev–Trinajstić information content (AvgIpc) is 2.95. The molecule has 0 saturated carbocycles. The number of carbonyl (C=O) groups is 2. The second kappa shape index (κ2) is 7.15. The lowest BCUT2D eigenvalue weighted by Gasteiger charge is -2.12. The fourth-order valence-electron chi connectivity index (χ4n) is 3.18. The van der Waals surface area contributed by atoms with Gasteiger partial charge in [0.15, 0.2) is 29.7 Å². The fraction of sp³-hybridized carbons (Fsp3) is 0.300. The van der Waals surface area contributed by atoms with Crippen LogP contribution in [-0.2, 0) is 0 Å². The zero-order valence-electron chi connectivity index (χ0n) is 14.8. The number of methoxy groups -OCH3 is 2. The first-order valence-corrected chi connectivity index (χ1v) is 8.19. The predicted octanol–water partition coefficient (Wildman–Crippen LogP) is 3.79. The SMILES string of the molecule is COc1ccc(C(=O)COc2ccc(F)c3c2C(=O)C[C@H]3C)cc1OC. The minimum Gasteiger partial charge on any atom is -0.493 e. The van der Waals surface area contributed by atoms with Crippen LogP contribution in [0.5, 0.6) is 17.2 Å². The molecule has 26 heavy (non-hydrogen) atoms. The quantitative estimate of drug-likeness (QED) is 0.735. The summed E-state index contributed by atoms with van der Waals surface area (Å²) in [6.45, 7) is 1.53. The van der Waals surface area contributed by atoms with Gasteiger partial charge in [0.1, 0.15) is 11.6 Å². The summed E-state index contributed by atoms with van der Waals surface area (Å²) >= 11 is 0. The summed E-state index contributed by atoms with van der Waals surface area (Å²) in [6, 6.07) is 7.46. The van der Waals surface area contributed by atoms with Gasteiger partial charge in [-0.2, -0.15) is 0 Å². The molecule has 0 aliphatic heterocycles. The highest BCUT2D eigenvalue weighted by atomic mass is 19.1. The van der Waals surface area contributed by atoms with Crippen molar-refractivity contribution in [2.24, 2.45) is 0 Å². The van der Waals surface area contributed by atoms with E-state index in [0.717, 1.165) is 0 Å². The van der Waals surface area contributed by atoms with Crippen LogP contribution in [0.1, 0.15) is 45.5 Å². The number of hydrogen-bond acceptors (Lipinski definition) is 5. The molecule has 0 spiro atoms. The third-order valence-electron chi connectivity index (χ3n) is 4.48. The zero-order chi connectivity index (χ0) is 18.8. The Hall–Kier alpha value is -2.89. The van der Waals surface area contributed by atoms with Gasteiger partial charge in [-0.15, -0.1) is 0 Å². The van der Waals surface area contributed by atoms with Crippen molar-refractivity contribution in [3.05, 3.63) is 52.8 Å². The summed E-state index contributed by atoms with van der Waals surface area (Å²) in [5, 5.41) is 0. The topological polar surface area (TPSA) is 61.8 Å².